The van der Waals surface area contributed by atoms with Gasteiger partial charge in [-0.05, 0) is 67.8 Å². The normalized spacial score (nSPS) is 13.2. The number of amides is 1. The average molecular weight is 434 g/mol. The fourth-order valence-electron chi connectivity index (χ4n) is 2.93. The standard InChI is InChI=1S/C19H16ClN3O3S2/c20-13-6-8-14(9-7-13)23-28(25,26)15-10-4-12(5-11-15)18(24)22-19-21-16-2-1-3-17(16)27-19/h4-11,23H,1-3H2,(H,21,22,24). The molecule has 0 spiro atoms. The maximum Gasteiger partial charge on any atom is 0.261 e. The van der Waals surface area contributed by atoms with Gasteiger partial charge < -0.3 is 0 Å². The molecule has 0 radical (unpaired) electrons. The van der Waals surface area contributed by atoms with Gasteiger partial charge in [0.25, 0.3) is 15.9 Å². The molecule has 9 heteroatoms. The van der Waals surface area contributed by atoms with Crippen molar-refractivity contribution >= 4 is 49.7 Å². The maximum atomic E-state index is 12.5. The van der Waals surface area contributed by atoms with Gasteiger partial charge in [0, 0.05) is 21.2 Å². The molecule has 1 amide bonds. The van der Waals surface area contributed by atoms with Crippen molar-refractivity contribution in [1.82, 2.24) is 4.98 Å². The third-order valence-electron chi connectivity index (χ3n) is 4.34. The van der Waals surface area contributed by atoms with E-state index in [1.807, 2.05) is 0 Å². The minimum atomic E-state index is -3.76. The summed E-state index contributed by atoms with van der Waals surface area (Å²) in [5.41, 5.74) is 1.83. The molecule has 0 atom stereocenters. The molecule has 0 aliphatic heterocycles. The number of anilines is 2. The quantitative estimate of drug-likeness (QED) is 0.626. The van der Waals surface area contributed by atoms with Crippen molar-refractivity contribution in [3.05, 3.63) is 69.7 Å². The van der Waals surface area contributed by atoms with E-state index in [0.29, 0.717) is 21.4 Å². The molecule has 1 aromatic heterocycles. The molecule has 0 saturated carbocycles. The van der Waals surface area contributed by atoms with Crippen LogP contribution in [0, 0.1) is 0 Å². The number of halogens is 1. The maximum absolute atomic E-state index is 12.5. The summed E-state index contributed by atoms with van der Waals surface area (Å²) in [6.45, 7) is 0. The number of benzene rings is 2. The van der Waals surface area contributed by atoms with Crippen LogP contribution in [0.5, 0.6) is 0 Å². The summed E-state index contributed by atoms with van der Waals surface area (Å²) in [4.78, 5) is 18.1. The van der Waals surface area contributed by atoms with Crippen molar-refractivity contribution in [3.63, 3.8) is 0 Å². The third kappa shape index (κ3) is 4.04. The molecule has 1 heterocycles. The molecule has 0 unspecified atom stereocenters. The Kier molecular flexibility index (Phi) is 5.09. The number of sulfonamides is 1. The molecule has 0 saturated heterocycles. The highest BCUT2D eigenvalue weighted by Gasteiger charge is 2.19. The van der Waals surface area contributed by atoms with Gasteiger partial charge in [-0.15, -0.1) is 11.3 Å². The molecule has 1 aliphatic rings. The zero-order valence-corrected chi connectivity index (χ0v) is 17.0. The molecule has 2 aromatic carbocycles. The van der Waals surface area contributed by atoms with Crippen molar-refractivity contribution in [3.8, 4) is 0 Å². The van der Waals surface area contributed by atoms with Gasteiger partial charge in [-0.3, -0.25) is 14.8 Å². The molecule has 28 heavy (non-hydrogen) atoms. The monoisotopic (exact) mass is 433 g/mol. The minimum Gasteiger partial charge on any atom is -0.298 e. The zero-order valence-electron chi connectivity index (χ0n) is 14.6. The fraction of sp³-hybridized carbons (Fsp3) is 0.158. The number of nitrogens with one attached hydrogen (secondary N) is 2. The van der Waals surface area contributed by atoms with Crippen molar-refractivity contribution in [2.45, 2.75) is 24.2 Å². The summed E-state index contributed by atoms with van der Waals surface area (Å²) in [5, 5.41) is 3.88. The number of thiazole rings is 1. The first-order chi connectivity index (χ1) is 13.4. The third-order valence-corrected chi connectivity index (χ3v) is 7.06. The van der Waals surface area contributed by atoms with E-state index >= 15 is 0 Å². The number of carbonyl (C=O) groups is 1. The van der Waals surface area contributed by atoms with Crippen LogP contribution in [0.1, 0.15) is 27.3 Å². The highest BCUT2D eigenvalue weighted by molar-refractivity contribution is 7.92. The Morgan fingerprint density at radius 3 is 2.43 bits per heavy atom. The predicted molar refractivity (Wildman–Crippen MR) is 111 cm³/mol. The summed E-state index contributed by atoms with van der Waals surface area (Å²) in [5.74, 6) is -0.318. The molecule has 0 fully saturated rings. The lowest BCUT2D eigenvalue weighted by Gasteiger charge is -2.09. The second kappa shape index (κ2) is 7.54. The largest absolute Gasteiger partial charge is 0.298 e. The molecule has 4 rings (SSSR count). The number of hydrogen-bond acceptors (Lipinski definition) is 5. The highest BCUT2D eigenvalue weighted by atomic mass is 35.5. The van der Waals surface area contributed by atoms with E-state index in [9.17, 15) is 13.2 Å². The van der Waals surface area contributed by atoms with Gasteiger partial charge in [-0.25, -0.2) is 13.4 Å². The first-order valence-electron chi connectivity index (χ1n) is 8.59. The Balaban J connectivity index is 1.46. The van der Waals surface area contributed by atoms with Crippen LogP contribution in [-0.4, -0.2) is 19.3 Å². The van der Waals surface area contributed by atoms with Gasteiger partial charge in [0.2, 0.25) is 0 Å². The van der Waals surface area contributed by atoms with Crippen molar-refractivity contribution in [1.29, 1.82) is 0 Å². The Morgan fingerprint density at radius 1 is 1.04 bits per heavy atom. The lowest BCUT2D eigenvalue weighted by Crippen LogP contribution is -2.14. The van der Waals surface area contributed by atoms with Crippen LogP contribution >= 0.6 is 22.9 Å². The molecule has 6 nitrogen and oxygen atoms in total. The van der Waals surface area contributed by atoms with E-state index in [2.05, 4.69) is 15.0 Å². The van der Waals surface area contributed by atoms with E-state index in [4.69, 9.17) is 11.6 Å². The fourth-order valence-corrected chi connectivity index (χ4v) is 5.16. The van der Waals surface area contributed by atoms with Gasteiger partial charge in [0.15, 0.2) is 5.13 Å². The number of fused-ring (bicyclic) bond motifs is 1. The Labute approximate surface area is 171 Å². The van der Waals surface area contributed by atoms with Gasteiger partial charge >= 0.3 is 0 Å². The number of hydrogen-bond donors (Lipinski definition) is 2. The van der Waals surface area contributed by atoms with E-state index < -0.39 is 10.0 Å². The van der Waals surface area contributed by atoms with Crippen LogP contribution < -0.4 is 10.0 Å². The van der Waals surface area contributed by atoms with Gasteiger partial charge in [-0.1, -0.05) is 11.6 Å². The van der Waals surface area contributed by atoms with Crippen molar-refractivity contribution < 1.29 is 13.2 Å². The number of aromatic nitrogens is 1. The smallest absolute Gasteiger partial charge is 0.261 e. The highest BCUT2D eigenvalue weighted by Crippen LogP contribution is 2.30. The summed E-state index contributed by atoms with van der Waals surface area (Å²) in [6.07, 6.45) is 3.08. The van der Waals surface area contributed by atoms with Gasteiger partial charge in [0.1, 0.15) is 0 Å². The van der Waals surface area contributed by atoms with Crippen LogP contribution in [0.4, 0.5) is 10.8 Å². The van der Waals surface area contributed by atoms with Crippen LogP contribution in [0.15, 0.2) is 53.4 Å². The van der Waals surface area contributed by atoms with Crippen molar-refractivity contribution in [2.75, 3.05) is 10.0 Å². The van der Waals surface area contributed by atoms with Crippen LogP contribution in [-0.2, 0) is 22.9 Å². The second-order valence-corrected chi connectivity index (χ2v) is 9.54. The number of nitrogens with zero attached hydrogens (tertiary/aromatic N) is 1. The van der Waals surface area contributed by atoms with Crippen LogP contribution in [0.3, 0.4) is 0 Å². The van der Waals surface area contributed by atoms with Crippen LogP contribution in [0.25, 0.3) is 0 Å². The lowest BCUT2D eigenvalue weighted by atomic mass is 10.2. The predicted octanol–water partition coefficient (Wildman–Crippen LogP) is 4.34. The summed E-state index contributed by atoms with van der Waals surface area (Å²) < 4.78 is 27.4. The van der Waals surface area contributed by atoms with E-state index in [-0.39, 0.29) is 10.8 Å². The Morgan fingerprint density at radius 2 is 1.75 bits per heavy atom. The van der Waals surface area contributed by atoms with Crippen molar-refractivity contribution in [2.24, 2.45) is 0 Å². The summed E-state index contributed by atoms with van der Waals surface area (Å²) in [7, 11) is -3.76. The van der Waals surface area contributed by atoms with Crippen LogP contribution in [0.2, 0.25) is 5.02 Å². The topological polar surface area (TPSA) is 88.2 Å². The molecule has 0 bridgehead atoms. The zero-order chi connectivity index (χ0) is 19.7. The average Bonchev–Trinajstić information content (AvgIpc) is 3.25. The number of rotatable bonds is 5. The SMILES string of the molecule is O=C(Nc1nc2c(s1)CCC2)c1ccc(S(=O)(=O)Nc2ccc(Cl)cc2)cc1. The first-order valence-corrected chi connectivity index (χ1v) is 11.3. The number of aryl methyl sites for hydroxylation is 2. The van der Waals surface area contributed by atoms with Gasteiger partial charge in [0.05, 0.1) is 10.6 Å². The van der Waals surface area contributed by atoms with E-state index in [0.717, 1.165) is 25.0 Å². The molecule has 2 N–H and O–H groups in total. The molecular weight excluding hydrogens is 418 g/mol. The lowest BCUT2D eigenvalue weighted by molar-refractivity contribution is 0.102. The molecular formula is C19H16ClN3O3S2. The Hall–Kier alpha value is -2.42. The summed E-state index contributed by atoms with van der Waals surface area (Å²) in [6, 6.07) is 12.1. The number of carbonyl (C=O) groups excluding carboxylic acids is 1. The minimum absolute atomic E-state index is 0.0622. The molecule has 1 aliphatic carbocycles. The van der Waals surface area contributed by atoms with Gasteiger partial charge in [-0.2, -0.15) is 0 Å². The molecule has 144 valence electrons. The molecule has 3 aromatic rings. The van der Waals surface area contributed by atoms with E-state index in [1.54, 1.807) is 24.3 Å². The Bertz CT molecular complexity index is 1100. The summed E-state index contributed by atoms with van der Waals surface area (Å²) >= 11 is 7.30. The van der Waals surface area contributed by atoms with E-state index in [1.165, 1.54) is 40.5 Å². The first kappa shape index (κ1) is 18.9. The second-order valence-electron chi connectivity index (χ2n) is 6.33.